The molecule has 1 aromatic carbocycles. The monoisotopic (exact) mass is 318 g/mol. The Morgan fingerprint density at radius 1 is 1.45 bits per heavy atom. The number of rotatable bonds is 4. The molecule has 0 atom stereocenters. The summed E-state index contributed by atoms with van der Waals surface area (Å²) < 4.78 is 6.14. The fourth-order valence-electron chi connectivity index (χ4n) is 2.12. The lowest BCUT2D eigenvalue weighted by Crippen LogP contribution is -2.10. The Morgan fingerprint density at radius 3 is 2.91 bits per heavy atom. The second-order valence-electron chi connectivity index (χ2n) is 4.44. The summed E-state index contributed by atoms with van der Waals surface area (Å²) in [7, 11) is 1.28. The third-order valence-electron chi connectivity index (χ3n) is 3.16. The largest absolute Gasteiger partial charge is 0.468 e. The molecular weight excluding hydrogens is 308 g/mol. The van der Waals surface area contributed by atoms with Gasteiger partial charge in [-0.25, -0.2) is 9.97 Å². The maximum atomic E-state index is 11.4. The van der Waals surface area contributed by atoms with Gasteiger partial charge in [0, 0.05) is 23.1 Å². The fraction of sp³-hybridized carbons (Fsp3) is 0.154. The van der Waals surface area contributed by atoms with Crippen LogP contribution in [0.5, 0.6) is 0 Å². The maximum Gasteiger partial charge on any atom is 0.325 e. The van der Waals surface area contributed by atoms with Crippen molar-refractivity contribution in [2.75, 3.05) is 7.11 Å². The highest BCUT2D eigenvalue weighted by molar-refractivity contribution is 7.07. The molecule has 0 amide bonds. The molecule has 3 aromatic rings. The Labute approximate surface area is 128 Å². The van der Waals surface area contributed by atoms with Gasteiger partial charge >= 0.3 is 5.97 Å². The van der Waals surface area contributed by atoms with Gasteiger partial charge in [-0.2, -0.15) is 0 Å². The standard InChI is InChI=1S/C13H10N4O4S/c1-21-12(18)4-16-6-14-13-9(10-5-22-7-15-10)2-8(17(19)20)3-11(13)16/h2-3,5-7H,4H2,1H3. The van der Waals surface area contributed by atoms with E-state index >= 15 is 0 Å². The highest BCUT2D eigenvalue weighted by Crippen LogP contribution is 2.32. The third kappa shape index (κ3) is 2.42. The molecule has 9 heteroatoms. The van der Waals surface area contributed by atoms with Gasteiger partial charge in [-0.15, -0.1) is 11.3 Å². The van der Waals surface area contributed by atoms with Crippen LogP contribution < -0.4 is 0 Å². The van der Waals surface area contributed by atoms with Crippen LogP contribution in [0.2, 0.25) is 0 Å². The van der Waals surface area contributed by atoms with Gasteiger partial charge in [-0.05, 0) is 0 Å². The van der Waals surface area contributed by atoms with Crippen molar-refractivity contribution in [2.45, 2.75) is 6.54 Å². The van der Waals surface area contributed by atoms with Gasteiger partial charge in [0.1, 0.15) is 6.54 Å². The van der Waals surface area contributed by atoms with Crippen LogP contribution in [0, 0.1) is 10.1 Å². The first-order chi connectivity index (χ1) is 10.6. The second-order valence-corrected chi connectivity index (χ2v) is 5.16. The van der Waals surface area contributed by atoms with Crippen molar-refractivity contribution in [3.8, 4) is 11.3 Å². The van der Waals surface area contributed by atoms with Crippen molar-refractivity contribution in [3.05, 3.63) is 39.5 Å². The average molecular weight is 318 g/mol. The predicted octanol–water partition coefficient (Wildman–Crippen LogP) is 2.24. The van der Waals surface area contributed by atoms with Crippen LogP contribution >= 0.6 is 11.3 Å². The van der Waals surface area contributed by atoms with Gasteiger partial charge in [0.05, 0.1) is 40.6 Å². The zero-order chi connectivity index (χ0) is 15.7. The molecule has 0 fully saturated rings. The van der Waals surface area contributed by atoms with E-state index in [1.165, 1.54) is 41.5 Å². The Bertz CT molecular complexity index is 856. The van der Waals surface area contributed by atoms with Crippen molar-refractivity contribution in [2.24, 2.45) is 0 Å². The van der Waals surface area contributed by atoms with Crippen LogP contribution in [0.15, 0.2) is 29.4 Å². The van der Waals surface area contributed by atoms with Gasteiger partial charge in [0.2, 0.25) is 0 Å². The minimum atomic E-state index is -0.481. The summed E-state index contributed by atoms with van der Waals surface area (Å²) in [6.45, 7) is -0.0648. The second kappa shape index (κ2) is 5.53. The molecule has 0 saturated carbocycles. The number of hydrogen-bond acceptors (Lipinski definition) is 7. The van der Waals surface area contributed by atoms with Crippen molar-refractivity contribution in [1.82, 2.24) is 14.5 Å². The van der Waals surface area contributed by atoms with Crippen LogP contribution in [0.4, 0.5) is 5.69 Å². The lowest BCUT2D eigenvalue weighted by Gasteiger charge is -2.04. The minimum absolute atomic E-state index is 0.0648. The Hall–Kier alpha value is -2.81. The lowest BCUT2D eigenvalue weighted by atomic mass is 10.1. The number of esters is 1. The summed E-state index contributed by atoms with van der Waals surface area (Å²) in [5.41, 5.74) is 3.78. The molecule has 8 nitrogen and oxygen atoms in total. The Morgan fingerprint density at radius 2 is 2.27 bits per heavy atom. The normalized spacial score (nSPS) is 10.8. The number of nitro groups is 1. The molecule has 2 aromatic heterocycles. The topological polar surface area (TPSA) is 100 Å². The van der Waals surface area contributed by atoms with Crippen molar-refractivity contribution < 1.29 is 14.5 Å². The number of nitro benzene ring substituents is 1. The van der Waals surface area contributed by atoms with E-state index in [1.54, 1.807) is 10.9 Å². The van der Waals surface area contributed by atoms with Crippen molar-refractivity contribution in [1.29, 1.82) is 0 Å². The molecule has 0 spiro atoms. The van der Waals surface area contributed by atoms with Gasteiger partial charge in [0.25, 0.3) is 5.69 Å². The Balaban J connectivity index is 2.23. The number of benzene rings is 1. The number of fused-ring (bicyclic) bond motifs is 1. The number of non-ortho nitro benzene ring substituents is 1. The number of nitrogens with zero attached hydrogens (tertiary/aromatic N) is 4. The van der Waals surface area contributed by atoms with Crippen molar-refractivity contribution >= 4 is 34.0 Å². The molecule has 0 bridgehead atoms. The first kappa shape index (κ1) is 14.1. The van der Waals surface area contributed by atoms with Crippen LogP contribution in [-0.2, 0) is 16.1 Å². The number of thiazole rings is 1. The lowest BCUT2D eigenvalue weighted by molar-refractivity contribution is -0.384. The quantitative estimate of drug-likeness (QED) is 0.415. The molecule has 0 N–H and O–H groups in total. The first-order valence-corrected chi connectivity index (χ1v) is 7.13. The summed E-state index contributed by atoms with van der Waals surface area (Å²) in [5, 5.41) is 12.9. The van der Waals surface area contributed by atoms with Crippen LogP contribution in [0.1, 0.15) is 0 Å². The molecule has 0 saturated heterocycles. The number of hydrogen-bond donors (Lipinski definition) is 0. The average Bonchev–Trinajstić information content (AvgIpc) is 3.16. The predicted molar refractivity (Wildman–Crippen MR) is 79.5 cm³/mol. The summed E-state index contributed by atoms with van der Waals surface area (Å²) in [6, 6.07) is 2.83. The molecule has 0 unspecified atom stereocenters. The van der Waals surface area contributed by atoms with Gasteiger partial charge in [0.15, 0.2) is 0 Å². The third-order valence-corrected chi connectivity index (χ3v) is 3.74. The first-order valence-electron chi connectivity index (χ1n) is 6.19. The smallest absolute Gasteiger partial charge is 0.325 e. The summed E-state index contributed by atoms with van der Waals surface area (Å²) in [4.78, 5) is 30.5. The van der Waals surface area contributed by atoms with Gasteiger partial charge in [-0.1, -0.05) is 0 Å². The van der Waals surface area contributed by atoms with E-state index in [2.05, 4.69) is 14.7 Å². The molecule has 0 aliphatic carbocycles. The SMILES string of the molecule is COC(=O)Cn1cnc2c(-c3cscn3)cc([N+](=O)[O-])cc21. The van der Waals surface area contributed by atoms with E-state index in [4.69, 9.17) is 0 Å². The highest BCUT2D eigenvalue weighted by atomic mass is 32.1. The summed E-state index contributed by atoms with van der Waals surface area (Å²) >= 11 is 1.39. The number of carbonyl (C=O) groups is 1. The molecule has 0 radical (unpaired) electrons. The number of ether oxygens (including phenoxy) is 1. The fourth-order valence-corrected chi connectivity index (χ4v) is 2.68. The minimum Gasteiger partial charge on any atom is -0.468 e. The molecule has 112 valence electrons. The van der Waals surface area contributed by atoms with E-state index in [-0.39, 0.29) is 12.2 Å². The van der Waals surface area contributed by atoms with Crippen molar-refractivity contribution in [3.63, 3.8) is 0 Å². The molecule has 2 heterocycles. The Kier molecular flexibility index (Phi) is 3.55. The molecule has 0 aliphatic rings. The molecule has 0 aliphatic heterocycles. The summed E-state index contributed by atoms with van der Waals surface area (Å²) in [6.07, 6.45) is 1.46. The van der Waals surface area contributed by atoms with E-state index < -0.39 is 10.9 Å². The molecule has 22 heavy (non-hydrogen) atoms. The maximum absolute atomic E-state index is 11.4. The van der Waals surface area contributed by atoms with Gasteiger partial charge in [-0.3, -0.25) is 14.9 Å². The van der Waals surface area contributed by atoms with Crippen LogP contribution in [-0.4, -0.2) is 32.5 Å². The van der Waals surface area contributed by atoms with Gasteiger partial charge < -0.3 is 9.30 Å². The number of methoxy groups -OCH3 is 1. The van der Waals surface area contributed by atoms with E-state index in [1.807, 2.05) is 0 Å². The highest BCUT2D eigenvalue weighted by Gasteiger charge is 2.18. The zero-order valence-electron chi connectivity index (χ0n) is 11.4. The molecule has 3 rings (SSSR count). The van der Waals surface area contributed by atoms with E-state index in [9.17, 15) is 14.9 Å². The zero-order valence-corrected chi connectivity index (χ0v) is 12.2. The molecular formula is C13H10N4O4S. The summed E-state index contributed by atoms with van der Waals surface area (Å²) in [5.74, 6) is -0.457. The van der Waals surface area contributed by atoms with E-state index in [0.29, 0.717) is 22.3 Å². The van der Waals surface area contributed by atoms with Crippen LogP contribution in [0.25, 0.3) is 22.3 Å². The number of imidazole rings is 1. The van der Waals surface area contributed by atoms with Crippen LogP contribution in [0.3, 0.4) is 0 Å². The van der Waals surface area contributed by atoms with E-state index in [0.717, 1.165) is 0 Å². The number of aromatic nitrogens is 3. The number of carbonyl (C=O) groups excluding carboxylic acids is 1.